The van der Waals surface area contributed by atoms with Crippen LogP contribution in [0.1, 0.15) is 19.8 Å². The van der Waals surface area contributed by atoms with Crippen LogP contribution in [-0.4, -0.2) is 16.4 Å². The maximum absolute atomic E-state index is 6.47. The molecule has 1 aliphatic heterocycles. The van der Waals surface area contributed by atoms with Crippen LogP contribution in [0.2, 0.25) is 32.2 Å². The molecule has 1 atom stereocenters. The van der Waals surface area contributed by atoms with Crippen molar-refractivity contribution in [3.05, 3.63) is 40.9 Å². The van der Waals surface area contributed by atoms with E-state index in [1.807, 2.05) is 6.56 Å². The average molecular weight is 451 g/mol. The van der Waals surface area contributed by atoms with Crippen molar-refractivity contribution in [3.63, 3.8) is 0 Å². The van der Waals surface area contributed by atoms with Crippen molar-refractivity contribution in [3.8, 4) is 0 Å². The smallest absolute Gasteiger partial charge is 1.00 e. The summed E-state index contributed by atoms with van der Waals surface area (Å²) in [7, 11) is -2.99. The van der Waals surface area contributed by atoms with E-state index in [9.17, 15) is 0 Å². The van der Waals surface area contributed by atoms with Crippen molar-refractivity contribution in [2.75, 3.05) is 0 Å². The van der Waals surface area contributed by atoms with Gasteiger partial charge in [0.1, 0.15) is 0 Å². The minimum atomic E-state index is -1.50. The number of allylic oxidation sites excluding steroid dienone is 7. The zero-order chi connectivity index (χ0) is 14.5. The van der Waals surface area contributed by atoms with Crippen LogP contribution in [0.5, 0.6) is 0 Å². The van der Waals surface area contributed by atoms with Gasteiger partial charge in [0.15, 0.2) is 0 Å². The largest absolute Gasteiger partial charge is 1.00 e. The molecule has 0 saturated carbocycles. The van der Waals surface area contributed by atoms with Gasteiger partial charge < -0.3 is 24.8 Å². The summed E-state index contributed by atoms with van der Waals surface area (Å²) < 4.78 is 10.2. The Labute approximate surface area is 160 Å². The Kier molecular flexibility index (Phi) is 6.84. The van der Waals surface area contributed by atoms with Crippen LogP contribution >= 0.6 is 0 Å². The van der Waals surface area contributed by atoms with E-state index in [1.165, 1.54) is 24.6 Å². The molecule has 0 spiro atoms. The van der Waals surface area contributed by atoms with Gasteiger partial charge >= 0.3 is 137 Å². The number of halogens is 2. The summed E-state index contributed by atoms with van der Waals surface area (Å²) in [5, 5.41) is 3.52. The molecule has 6 heteroatoms. The van der Waals surface area contributed by atoms with Crippen LogP contribution in [-0.2, 0) is 27.7 Å². The number of rotatable bonds is 3. The van der Waals surface area contributed by atoms with Crippen molar-refractivity contribution in [1.82, 2.24) is 0 Å². The molecule has 0 aromatic rings. The minimum absolute atomic E-state index is 0. The maximum atomic E-state index is 6.47. The molecule has 1 unspecified atom stereocenters. The monoisotopic (exact) mass is 448 g/mol. The molecule has 0 aromatic carbocycles. The van der Waals surface area contributed by atoms with Crippen molar-refractivity contribution >= 4 is 16.4 Å². The van der Waals surface area contributed by atoms with Crippen LogP contribution < -0.4 is 24.8 Å². The van der Waals surface area contributed by atoms with Crippen LogP contribution in [0.15, 0.2) is 40.9 Å². The third kappa shape index (κ3) is 3.51. The predicted octanol–water partition coefficient (Wildman–Crippen LogP) is -1.13. The fraction of sp³-hybridized carbons (Fsp3) is 0.500. The molecule has 1 heterocycles. The van der Waals surface area contributed by atoms with E-state index < -0.39 is 39.6 Å². The summed E-state index contributed by atoms with van der Waals surface area (Å²) in [6.07, 6.45) is 9.78. The minimum Gasteiger partial charge on any atom is -1.00 e. The molecule has 3 aliphatic rings. The first kappa shape index (κ1) is 20.7. The van der Waals surface area contributed by atoms with Crippen LogP contribution in [0.4, 0.5) is 0 Å². The van der Waals surface area contributed by atoms with Crippen molar-refractivity contribution in [1.29, 1.82) is 0 Å². The zero-order valence-electron chi connectivity index (χ0n) is 14.0. The molecule has 0 aromatic heterocycles. The first-order valence-electron chi connectivity index (χ1n) is 7.65. The molecule has 0 N–H and O–H groups in total. The average Bonchev–Trinajstić information content (AvgIpc) is 2.95. The van der Waals surface area contributed by atoms with E-state index >= 15 is 0 Å². The maximum Gasteiger partial charge on any atom is -1.00 e. The Morgan fingerprint density at radius 2 is 1.86 bits per heavy atom. The molecule has 3 rings (SSSR count). The standard InChI is InChI=1S/C16H24OSi2.2ClH.Zr/c1-6-19(5,14-10-7-8-11-14)16-13-9-12-15(16)17-18(2,3)4;;;/h7,10,12H,6,8-9H2,1-5H3;2*1H;/q;;;+2/p-2. The number of hydrogen-bond donors (Lipinski definition) is 0. The van der Waals surface area contributed by atoms with Gasteiger partial charge in [0, 0.05) is 0 Å². The number of hydrogen-bond acceptors (Lipinski definition) is 1. The molecule has 22 heavy (non-hydrogen) atoms. The second kappa shape index (κ2) is 7.27. The first-order valence-corrected chi connectivity index (χ1v) is 16.2. The fourth-order valence-electron chi connectivity index (χ4n) is 3.51. The molecule has 0 amide bonds. The second-order valence-electron chi connectivity index (χ2n) is 7.15. The van der Waals surface area contributed by atoms with E-state index in [1.54, 1.807) is 10.4 Å². The second-order valence-corrected chi connectivity index (χ2v) is 19.6. The van der Waals surface area contributed by atoms with Gasteiger partial charge in [-0.15, -0.1) is 0 Å². The normalized spacial score (nSPS) is 25.4. The Hall–Kier alpha value is 0.657. The summed E-state index contributed by atoms with van der Waals surface area (Å²) in [6.45, 7) is 11.9. The van der Waals surface area contributed by atoms with Crippen molar-refractivity contribution in [2.45, 2.75) is 52.0 Å². The van der Waals surface area contributed by atoms with Gasteiger partial charge in [0.05, 0.1) is 0 Å². The first-order chi connectivity index (χ1) is 9.35. The Bertz CT molecular complexity index is 587. The van der Waals surface area contributed by atoms with Crippen LogP contribution in [0, 0.1) is 0 Å². The van der Waals surface area contributed by atoms with Crippen LogP contribution in [0.3, 0.4) is 0 Å². The molecular formula is C16H24Cl2OSi2Zr. The van der Waals surface area contributed by atoms with Gasteiger partial charge in [0.25, 0.3) is 0 Å². The topological polar surface area (TPSA) is 9.23 Å². The Morgan fingerprint density at radius 1 is 1.18 bits per heavy atom. The molecule has 2 aliphatic carbocycles. The molecule has 0 radical (unpaired) electrons. The van der Waals surface area contributed by atoms with Crippen LogP contribution in [0.25, 0.3) is 0 Å². The summed E-state index contributed by atoms with van der Waals surface area (Å²) in [4.78, 5) is 0. The molecule has 0 saturated heterocycles. The quantitative estimate of drug-likeness (QED) is 0.495. The molecule has 120 valence electrons. The third-order valence-corrected chi connectivity index (χ3v) is 15.1. The third-order valence-electron chi connectivity index (χ3n) is 4.54. The van der Waals surface area contributed by atoms with E-state index in [-0.39, 0.29) is 24.8 Å². The van der Waals surface area contributed by atoms with Gasteiger partial charge in [-0.1, -0.05) is 0 Å². The van der Waals surface area contributed by atoms with Gasteiger partial charge in [-0.25, -0.2) is 0 Å². The Balaban J connectivity index is 0.00000121. The van der Waals surface area contributed by atoms with E-state index in [2.05, 4.69) is 51.3 Å². The summed E-state index contributed by atoms with van der Waals surface area (Å²) in [6, 6.07) is 1.32. The summed E-state index contributed by atoms with van der Waals surface area (Å²) in [5.74, 6) is 1.31. The van der Waals surface area contributed by atoms with Gasteiger partial charge in [-0.2, -0.15) is 0 Å². The van der Waals surface area contributed by atoms with Crippen molar-refractivity contribution < 1.29 is 52.5 Å². The van der Waals surface area contributed by atoms with E-state index in [0.717, 1.165) is 0 Å². The van der Waals surface area contributed by atoms with E-state index in [4.69, 9.17) is 4.43 Å². The van der Waals surface area contributed by atoms with Gasteiger partial charge in [-0.05, 0) is 0 Å². The molecule has 1 nitrogen and oxygen atoms in total. The Morgan fingerprint density at radius 3 is 2.45 bits per heavy atom. The summed E-state index contributed by atoms with van der Waals surface area (Å²) >= 11 is -0.492. The summed E-state index contributed by atoms with van der Waals surface area (Å²) in [5.41, 5.74) is 0. The van der Waals surface area contributed by atoms with Gasteiger partial charge in [-0.3, -0.25) is 0 Å². The molecule has 0 bridgehead atoms. The predicted molar refractivity (Wildman–Crippen MR) is 87.0 cm³/mol. The zero-order valence-corrected chi connectivity index (χ0v) is 20.0. The van der Waals surface area contributed by atoms with Crippen molar-refractivity contribution in [2.24, 2.45) is 0 Å². The molecule has 0 fully saturated rings. The molecular weight excluding hydrogens is 426 g/mol. The van der Waals surface area contributed by atoms with E-state index in [0.29, 0.717) is 0 Å². The fourth-order valence-corrected chi connectivity index (χ4v) is 16.1. The SMILES string of the molecule is CC[Si]1(C)C2=[C](CC=C2)[Zr+2][C]2=C1C(O[Si](C)(C)C)=CC2.[Cl-].[Cl-]. The van der Waals surface area contributed by atoms with Gasteiger partial charge in [0.2, 0.25) is 0 Å².